The van der Waals surface area contributed by atoms with Gasteiger partial charge in [-0.3, -0.25) is 4.98 Å². The van der Waals surface area contributed by atoms with Gasteiger partial charge in [0.05, 0.1) is 10.2 Å². The van der Waals surface area contributed by atoms with Crippen LogP contribution in [0.2, 0.25) is 0 Å². The second kappa shape index (κ2) is 3.82. The number of thiocarbonyl (C=S) groups is 1. The van der Waals surface area contributed by atoms with Gasteiger partial charge in [0, 0.05) is 11.9 Å². The van der Waals surface area contributed by atoms with Crippen LogP contribution in [0.4, 0.5) is 5.69 Å². The Bertz CT molecular complexity index is 314. The highest BCUT2D eigenvalue weighted by Gasteiger charge is 2.00. The molecule has 0 aliphatic heterocycles. The number of anilines is 1. The van der Waals surface area contributed by atoms with Crippen LogP contribution in [0.3, 0.4) is 0 Å². The molecule has 1 aromatic heterocycles. The van der Waals surface area contributed by atoms with E-state index in [0.717, 1.165) is 15.9 Å². The second-order valence-electron chi connectivity index (χ2n) is 2.29. The molecule has 0 saturated carbocycles. The summed E-state index contributed by atoms with van der Waals surface area (Å²) in [5.74, 6) is 0. The van der Waals surface area contributed by atoms with Gasteiger partial charge in [0.25, 0.3) is 0 Å². The van der Waals surface area contributed by atoms with Gasteiger partial charge in [0.2, 0.25) is 0 Å². The molecule has 64 valence electrons. The van der Waals surface area contributed by atoms with Gasteiger partial charge >= 0.3 is 0 Å². The van der Waals surface area contributed by atoms with E-state index in [1.165, 1.54) is 0 Å². The van der Waals surface area contributed by atoms with Gasteiger partial charge in [0.1, 0.15) is 0 Å². The lowest BCUT2D eigenvalue weighted by molar-refractivity contribution is 1.19. The summed E-state index contributed by atoms with van der Waals surface area (Å²) in [5.41, 5.74) is 7.08. The van der Waals surface area contributed by atoms with Crippen molar-refractivity contribution in [1.82, 2.24) is 4.98 Å². The summed E-state index contributed by atoms with van der Waals surface area (Å²) in [7, 11) is 0. The molecule has 0 radical (unpaired) electrons. The Morgan fingerprint density at radius 3 is 3.00 bits per heavy atom. The van der Waals surface area contributed by atoms with Gasteiger partial charge < -0.3 is 11.1 Å². The van der Waals surface area contributed by atoms with Gasteiger partial charge in [-0.2, -0.15) is 0 Å². The zero-order valence-electron chi connectivity index (χ0n) is 6.47. The molecular formula is C7H8BrN3S. The van der Waals surface area contributed by atoms with E-state index in [0.29, 0.717) is 0 Å². The van der Waals surface area contributed by atoms with Gasteiger partial charge in [-0.25, -0.2) is 0 Å². The molecule has 1 aromatic rings. The molecule has 12 heavy (non-hydrogen) atoms. The SMILES string of the molecule is Cc1cc(NC(N)=S)c(Br)cn1. The van der Waals surface area contributed by atoms with Crippen LogP contribution in [0, 0.1) is 6.92 Å². The van der Waals surface area contributed by atoms with Crippen LogP contribution in [0.5, 0.6) is 0 Å². The van der Waals surface area contributed by atoms with E-state index in [4.69, 9.17) is 18.0 Å². The fraction of sp³-hybridized carbons (Fsp3) is 0.143. The first-order chi connectivity index (χ1) is 5.59. The van der Waals surface area contributed by atoms with Crippen LogP contribution < -0.4 is 11.1 Å². The van der Waals surface area contributed by atoms with Crippen LogP contribution in [0.25, 0.3) is 0 Å². The smallest absolute Gasteiger partial charge is 0.168 e. The van der Waals surface area contributed by atoms with Crippen molar-refractivity contribution in [1.29, 1.82) is 0 Å². The first-order valence-corrected chi connectivity index (χ1v) is 4.48. The predicted molar refractivity (Wildman–Crippen MR) is 57.1 cm³/mol. The fourth-order valence-electron chi connectivity index (χ4n) is 0.772. The molecule has 1 heterocycles. The number of halogens is 1. The lowest BCUT2D eigenvalue weighted by Gasteiger charge is -2.05. The van der Waals surface area contributed by atoms with Gasteiger partial charge in [0.15, 0.2) is 5.11 Å². The molecule has 1 rings (SSSR count). The third-order valence-electron chi connectivity index (χ3n) is 1.25. The van der Waals surface area contributed by atoms with Gasteiger partial charge in [-0.05, 0) is 41.1 Å². The normalized spacial score (nSPS) is 9.50. The second-order valence-corrected chi connectivity index (χ2v) is 3.59. The standard InChI is InChI=1S/C7H8BrN3S/c1-4-2-6(11-7(9)12)5(8)3-10-4/h2-3H,1H3,(H3,9,10,11,12). The van der Waals surface area contributed by atoms with Gasteiger partial charge in [-0.15, -0.1) is 0 Å². The fourth-order valence-corrected chi connectivity index (χ4v) is 1.20. The largest absolute Gasteiger partial charge is 0.376 e. The van der Waals surface area contributed by atoms with Crippen LogP contribution in [0.15, 0.2) is 16.7 Å². The Kier molecular flexibility index (Phi) is 2.99. The summed E-state index contributed by atoms with van der Waals surface area (Å²) in [5, 5.41) is 3.09. The van der Waals surface area contributed by atoms with Crippen molar-refractivity contribution < 1.29 is 0 Å². The van der Waals surface area contributed by atoms with E-state index < -0.39 is 0 Å². The van der Waals surface area contributed by atoms with Crippen molar-refractivity contribution >= 4 is 38.9 Å². The van der Waals surface area contributed by atoms with Crippen molar-refractivity contribution in [3.8, 4) is 0 Å². The molecule has 0 aliphatic rings. The van der Waals surface area contributed by atoms with Gasteiger partial charge in [-0.1, -0.05) is 0 Å². The zero-order valence-corrected chi connectivity index (χ0v) is 8.87. The highest BCUT2D eigenvalue weighted by Crippen LogP contribution is 2.21. The molecule has 0 bridgehead atoms. The third kappa shape index (κ3) is 2.42. The molecule has 0 fully saturated rings. The summed E-state index contributed by atoms with van der Waals surface area (Å²) in [6, 6.07) is 1.86. The summed E-state index contributed by atoms with van der Waals surface area (Å²) in [6.07, 6.45) is 1.70. The van der Waals surface area contributed by atoms with E-state index >= 15 is 0 Å². The number of nitrogens with zero attached hydrogens (tertiary/aromatic N) is 1. The van der Waals surface area contributed by atoms with Crippen molar-refractivity contribution in [3.63, 3.8) is 0 Å². The Morgan fingerprint density at radius 1 is 1.75 bits per heavy atom. The monoisotopic (exact) mass is 245 g/mol. The summed E-state index contributed by atoms with van der Waals surface area (Å²) < 4.78 is 0.848. The topological polar surface area (TPSA) is 50.9 Å². The van der Waals surface area contributed by atoms with Crippen molar-refractivity contribution in [2.24, 2.45) is 5.73 Å². The van der Waals surface area contributed by atoms with Crippen molar-refractivity contribution in [2.45, 2.75) is 6.92 Å². The number of hydrogen-bond donors (Lipinski definition) is 2. The number of hydrogen-bond acceptors (Lipinski definition) is 2. The average molecular weight is 246 g/mol. The third-order valence-corrected chi connectivity index (χ3v) is 1.98. The summed E-state index contributed by atoms with van der Waals surface area (Å²) in [6.45, 7) is 1.90. The Balaban J connectivity index is 2.97. The highest BCUT2D eigenvalue weighted by molar-refractivity contribution is 9.10. The Labute approximate surface area is 84.5 Å². The van der Waals surface area contributed by atoms with Crippen molar-refractivity contribution in [3.05, 3.63) is 22.4 Å². The number of aryl methyl sites for hydroxylation is 1. The van der Waals surface area contributed by atoms with E-state index in [-0.39, 0.29) is 5.11 Å². The molecule has 5 heteroatoms. The molecule has 0 saturated heterocycles. The highest BCUT2D eigenvalue weighted by atomic mass is 79.9. The number of aromatic nitrogens is 1. The molecule has 0 aliphatic carbocycles. The minimum Gasteiger partial charge on any atom is -0.376 e. The predicted octanol–water partition coefficient (Wildman–Crippen LogP) is 1.81. The molecule has 0 atom stereocenters. The first-order valence-electron chi connectivity index (χ1n) is 3.28. The van der Waals surface area contributed by atoms with E-state index in [1.807, 2.05) is 13.0 Å². The van der Waals surface area contributed by atoms with Crippen molar-refractivity contribution in [2.75, 3.05) is 5.32 Å². The molecule has 0 spiro atoms. The molecule has 3 nitrogen and oxygen atoms in total. The lowest BCUT2D eigenvalue weighted by atomic mass is 10.3. The molecule has 0 unspecified atom stereocenters. The van der Waals surface area contributed by atoms with Crippen LogP contribution in [-0.2, 0) is 0 Å². The molecule has 0 amide bonds. The maximum Gasteiger partial charge on any atom is 0.168 e. The quantitative estimate of drug-likeness (QED) is 0.742. The number of nitrogens with two attached hydrogens (primary N) is 1. The van der Waals surface area contributed by atoms with Crippen LogP contribution in [0.1, 0.15) is 5.69 Å². The Hall–Kier alpha value is -0.680. The number of rotatable bonds is 1. The summed E-state index contributed by atoms with van der Waals surface area (Å²) in [4.78, 5) is 4.08. The van der Waals surface area contributed by atoms with E-state index in [2.05, 4.69) is 26.2 Å². The molecular weight excluding hydrogens is 238 g/mol. The maximum absolute atomic E-state index is 5.32. The van der Waals surface area contributed by atoms with Crippen LogP contribution in [-0.4, -0.2) is 10.1 Å². The molecule has 0 aromatic carbocycles. The minimum absolute atomic E-state index is 0.251. The number of nitrogens with one attached hydrogen (secondary N) is 1. The number of pyridine rings is 1. The Morgan fingerprint density at radius 2 is 2.42 bits per heavy atom. The van der Waals surface area contributed by atoms with Crippen LogP contribution >= 0.6 is 28.1 Å². The minimum atomic E-state index is 0.251. The summed E-state index contributed by atoms with van der Waals surface area (Å²) >= 11 is 8.02. The maximum atomic E-state index is 5.32. The molecule has 3 N–H and O–H groups in total. The average Bonchev–Trinajstić information content (AvgIpc) is 1.96. The first kappa shape index (κ1) is 9.41. The van der Waals surface area contributed by atoms with E-state index in [1.54, 1.807) is 6.20 Å². The van der Waals surface area contributed by atoms with E-state index in [9.17, 15) is 0 Å². The zero-order chi connectivity index (χ0) is 9.14. The lowest BCUT2D eigenvalue weighted by Crippen LogP contribution is -2.19.